The predicted molar refractivity (Wildman–Crippen MR) is 153 cm³/mol. The number of benzene rings is 2. The number of thioether (sulfide) groups is 1. The Morgan fingerprint density at radius 1 is 0.892 bits per heavy atom. The van der Waals surface area contributed by atoms with E-state index in [1.165, 1.54) is 30.6 Å². The first-order valence-electron chi connectivity index (χ1n) is 13.0. The van der Waals surface area contributed by atoms with E-state index in [-0.39, 0.29) is 0 Å². The maximum Gasteiger partial charge on any atom is 0.147 e. The van der Waals surface area contributed by atoms with Gasteiger partial charge >= 0.3 is 0 Å². The van der Waals surface area contributed by atoms with E-state index >= 15 is 0 Å². The lowest BCUT2D eigenvalue weighted by Crippen LogP contribution is -2.40. The second-order valence-electron chi connectivity index (χ2n) is 10.4. The summed E-state index contributed by atoms with van der Waals surface area (Å²) >= 11 is 1.73. The summed E-state index contributed by atoms with van der Waals surface area (Å²) in [4.78, 5) is 21.3. The molecule has 1 aliphatic carbocycles. The van der Waals surface area contributed by atoms with E-state index in [4.69, 9.17) is 9.98 Å². The summed E-state index contributed by atoms with van der Waals surface area (Å²) in [7, 11) is 2.06. The molecule has 1 saturated heterocycles. The third-order valence-electron chi connectivity index (χ3n) is 8.14. The van der Waals surface area contributed by atoms with Crippen LogP contribution in [0.15, 0.2) is 110 Å². The summed E-state index contributed by atoms with van der Waals surface area (Å²) in [5, 5.41) is 1.16. The van der Waals surface area contributed by atoms with Crippen molar-refractivity contribution < 1.29 is 0 Å². The summed E-state index contributed by atoms with van der Waals surface area (Å²) < 4.78 is 0. The highest BCUT2D eigenvalue weighted by molar-refractivity contribution is 8.03. The van der Waals surface area contributed by atoms with Gasteiger partial charge in [-0.15, -0.1) is 0 Å². The molecular weight excluding hydrogens is 474 g/mol. The van der Waals surface area contributed by atoms with Gasteiger partial charge in [-0.3, -0.25) is 4.98 Å². The van der Waals surface area contributed by atoms with Crippen LogP contribution in [0.3, 0.4) is 0 Å². The van der Waals surface area contributed by atoms with Gasteiger partial charge in [0.15, 0.2) is 0 Å². The Labute approximate surface area is 222 Å². The van der Waals surface area contributed by atoms with E-state index in [1.807, 2.05) is 18.5 Å². The quantitative estimate of drug-likeness (QED) is 0.427. The summed E-state index contributed by atoms with van der Waals surface area (Å²) in [6.07, 6.45) is 15.0. The number of rotatable bonds is 3. The molecule has 0 unspecified atom stereocenters. The minimum Gasteiger partial charge on any atom is -0.356 e. The lowest BCUT2D eigenvalue weighted by Gasteiger charge is -2.40. The molecule has 5 nitrogen and oxygen atoms in total. The SMILES string of the molecule is CN1C2=NC(N3CCC4(CC3)Cc3ccccc3C4)=CC=NC1=C(Sc1ccnc3ccccc13)C=C2. The van der Waals surface area contributed by atoms with Gasteiger partial charge in [-0.25, -0.2) is 9.98 Å². The molecule has 3 aromatic rings. The fourth-order valence-corrected chi connectivity index (χ4v) is 7.14. The number of amidine groups is 1. The molecule has 184 valence electrons. The van der Waals surface area contributed by atoms with Crippen molar-refractivity contribution in [2.45, 2.75) is 30.6 Å². The van der Waals surface area contributed by atoms with Gasteiger partial charge in [0.25, 0.3) is 0 Å². The van der Waals surface area contributed by atoms with Gasteiger partial charge in [0.1, 0.15) is 17.5 Å². The van der Waals surface area contributed by atoms with Gasteiger partial charge in [-0.2, -0.15) is 0 Å². The van der Waals surface area contributed by atoms with Crippen LogP contribution in [-0.4, -0.2) is 47.0 Å². The molecule has 0 atom stereocenters. The minimum absolute atomic E-state index is 0.421. The standard InChI is InChI=1S/C31H29N5S/c1-35-28-11-10-27(37-26-12-16-32-25-9-5-4-8-24(25)26)30(35)33-17-13-29(34-28)36-18-14-31(15-19-36)20-22-6-2-3-7-23(22)21-31/h2-13,16-17H,14-15,18-21H2,1H3. The Balaban J connectivity index is 1.12. The minimum atomic E-state index is 0.421. The second-order valence-corrected chi connectivity index (χ2v) is 11.5. The van der Waals surface area contributed by atoms with E-state index in [1.54, 1.807) is 22.9 Å². The fraction of sp³-hybridized carbons (Fsp3) is 0.258. The van der Waals surface area contributed by atoms with Crippen LogP contribution in [0.25, 0.3) is 10.9 Å². The highest BCUT2D eigenvalue weighted by Gasteiger charge is 2.40. The van der Waals surface area contributed by atoms with Crippen LogP contribution in [-0.2, 0) is 12.8 Å². The molecule has 4 heterocycles. The molecule has 6 heteroatoms. The molecule has 0 N–H and O–H groups in total. The van der Waals surface area contributed by atoms with Crippen molar-refractivity contribution in [1.29, 1.82) is 0 Å². The van der Waals surface area contributed by atoms with Crippen molar-refractivity contribution in [3.05, 3.63) is 107 Å². The summed E-state index contributed by atoms with van der Waals surface area (Å²) in [6.45, 7) is 2.08. The molecule has 37 heavy (non-hydrogen) atoms. The van der Waals surface area contributed by atoms with Crippen LogP contribution >= 0.6 is 11.8 Å². The maximum absolute atomic E-state index is 5.10. The summed E-state index contributed by atoms with van der Waals surface area (Å²) in [5.41, 5.74) is 4.53. The predicted octanol–water partition coefficient (Wildman–Crippen LogP) is 6.20. The highest BCUT2D eigenvalue weighted by atomic mass is 32.2. The molecule has 3 aliphatic heterocycles. The van der Waals surface area contributed by atoms with Gasteiger partial charge in [0.05, 0.1) is 10.4 Å². The zero-order valence-corrected chi connectivity index (χ0v) is 21.8. The number of allylic oxidation sites excluding steroid dienone is 2. The monoisotopic (exact) mass is 503 g/mol. The number of piperidine rings is 1. The Morgan fingerprint density at radius 3 is 2.46 bits per heavy atom. The van der Waals surface area contributed by atoms with Crippen molar-refractivity contribution in [1.82, 2.24) is 14.8 Å². The number of likely N-dealkylation sites (N-methyl/N-ethyl adjacent to an activating group) is 1. The number of nitrogens with zero attached hydrogens (tertiary/aromatic N) is 5. The lowest BCUT2D eigenvalue weighted by molar-refractivity contribution is 0.135. The maximum atomic E-state index is 5.10. The third kappa shape index (κ3) is 4.09. The van der Waals surface area contributed by atoms with Crippen molar-refractivity contribution in [3.63, 3.8) is 0 Å². The van der Waals surface area contributed by atoms with Crippen molar-refractivity contribution in [2.75, 3.05) is 20.1 Å². The Kier molecular flexibility index (Phi) is 5.50. The summed E-state index contributed by atoms with van der Waals surface area (Å²) in [5.74, 6) is 2.86. The van der Waals surface area contributed by atoms with E-state index in [0.29, 0.717) is 5.41 Å². The zero-order chi connectivity index (χ0) is 24.8. The average molecular weight is 504 g/mol. The number of aliphatic imine (C=N–C) groups is 2. The van der Waals surface area contributed by atoms with Gasteiger partial charge in [-0.05, 0) is 72.6 Å². The van der Waals surface area contributed by atoms with Crippen molar-refractivity contribution in [3.8, 4) is 0 Å². The average Bonchev–Trinajstić information content (AvgIpc) is 3.28. The number of para-hydroxylation sites is 1. The van der Waals surface area contributed by atoms with Crippen molar-refractivity contribution in [2.24, 2.45) is 15.4 Å². The number of likely N-dealkylation sites (tertiary alicyclic amines) is 1. The first kappa shape index (κ1) is 22.5. The van der Waals surface area contributed by atoms with Crippen LogP contribution in [0.5, 0.6) is 0 Å². The molecule has 1 spiro atoms. The van der Waals surface area contributed by atoms with Crippen LogP contribution in [0, 0.1) is 5.41 Å². The highest BCUT2D eigenvalue weighted by Crippen LogP contribution is 2.45. The molecule has 0 radical (unpaired) electrons. The normalized spacial score (nSPS) is 20.1. The molecule has 0 saturated carbocycles. The van der Waals surface area contributed by atoms with Gasteiger partial charge in [0, 0.05) is 42.8 Å². The van der Waals surface area contributed by atoms with Crippen LogP contribution in [0.2, 0.25) is 0 Å². The van der Waals surface area contributed by atoms with Gasteiger partial charge < -0.3 is 9.80 Å². The van der Waals surface area contributed by atoms with Gasteiger partial charge in [-0.1, -0.05) is 54.2 Å². The molecule has 1 aromatic heterocycles. The largest absolute Gasteiger partial charge is 0.356 e. The van der Waals surface area contributed by atoms with Crippen LogP contribution in [0.4, 0.5) is 0 Å². The Bertz CT molecular complexity index is 1510. The Hall–Kier alpha value is -3.64. The molecular formula is C31H29N5S. The first-order valence-corrected chi connectivity index (χ1v) is 13.8. The Morgan fingerprint density at radius 2 is 1.65 bits per heavy atom. The van der Waals surface area contributed by atoms with Crippen LogP contribution in [0.1, 0.15) is 24.0 Å². The number of fused-ring (bicyclic) bond motifs is 4. The number of hydrogen-bond acceptors (Lipinski definition) is 6. The number of hydrogen-bond donors (Lipinski definition) is 0. The lowest BCUT2D eigenvalue weighted by atomic mass is 9.76. The molecule has 7 rings (SSSR count). The molecule has 2 aromatic carbocycles. The molecule has 1 fully saturated rings. The zero-order valence-electron chi connectivity index (χ0n) is 21.0. The second kappa shape index (κ2) is 9.03. The molecule has 2 bridgehead atoms. The van der Waals surface area contributed by atoms with E-state index in [9.17, 15) is 0 Å². The third-order valence-corrected chi connectivity index (χ3v) is 9.26. The van der Waals surface area contributed by atoms with Gasteiger partial charge in [0.2, 0.25) is 0 Å². The van der Waals surface area contributed by atoms with Crippen molar-refractivity contribution >= 4 is 34.7 Å². The molecule has 4 aliphatic rings. The smallest absolute Gasteiger partial charge is 0.147 e. The summed E-state index contributed by atoms with van der Waals surface area (Å²) in [6, 6.07) is 19.3. The topological polar surface area (TPSA) is 44.1 Å². The van der Waals surface area contributed by atoms with E-state index in [0.717, 1.165) is 46.4 Å². The number of aromatic nitrogens is 1. The fourth-order valence-electron chi connectivity index (χ4n) is 6.07. The van der Waals surface area contributed by atoms with Crippen LogP contribution < -0.4 is 0 Å². The molecule has 0 amide bonds. The first-order chi connectivity index (χ1) is 18.2. The van der Waals surface area contributed by atoms with E-state index < -0.39 is 0 Å². The van der Waals surface area contributed by atoms with E-state index in [2.05, 4.69) is 88.6 Å². The number of pyridine rings is 1.